The maximum Gasteiger partial charge on any atom is 0.237 e. The van der Waals surface area contributed by atoms with E-state index in [4.69, 9.17) is 17.3 Å². The molecule has 0 saturated carbocycles. The van der Waals surface area contributed by atoms with Crippen molar-refractivity contribution >= 4 is 23.2 Å². The lowest BCUT2D eigenvalue weighted by atomic mass is 9.73. The van der Waals surface area contributed by atoms with Crippen molar-refractivity contribution in [2.45, 2.75) is 69.9 Å². The third-order valence-electron chi connectivity index (χ3n) is 9.08. The summed E-state index contributed by atoms with van der Waals surface area (Å²) in [5.41, 5.74) is 7.88. The number of hydrogen-bond acceptors (Lipinski definition) is 6. The lowest BCUT2D eigenvalue weighted by molar-refractivity contribution is -0.127. The van der Waals surface area contributed by atoms with Gasteiger partial charge < -0.3 is 21.0 Å². The molecule has 40 heavy (non-hydrogen) atoms. The van der Waals surface area contributed by atoms with Crippen molar-refractivity contribution in [2.24, 2.45) is 5.73 Å². The molecule has 1 unspecified atom stereocenters. The second-order valence-corrected chi connectivity index (χ2v) is 12.9. The van der Waals surface area contributed by atoms with Crippen LogP contribution in [-0.2, 0) is 10.2 Å². The van der Waals surface area contributed by atoms with Crippen LogP contribution in [0.5, 0.6) is 0 Å². The number of likely N-dealkylation sites (tertiary alicyclic amines) is 1. The fourth-order valence-corrected chi connectivity index (χ4v) is 6.82. The van der Waals surface area contributed by atoms with Crippen molar-refractivity contribution in [1.82, 2.24) is 15.1 Å². The molecule has 0 bridgehead atoms. The lowest BCUT2D eigenvalue weighted by Crippen LogP contribution is -2.56. The Balaban J connectivity index is 1.40. The Hall–Kier alpha value is -2.14. The van der Waals surface area contributed by atoms with E-state index >= 15 is 0 Å². The zero-order valence-electron chi connectivity index (χ0n) is 23.7. The van der Waals surface area contributed by atoms with Crippen LogP contribution >= 0.6 is 11.6 Å². The first-order valence-electron chi connectivity index (χ1n) is 14.1. The maximum atomic E-state index is 14.9. The van der Waals surface area contributed by atoms with Gasteiger partial charge in [-0.05, 0) is 88.4 Å². The number of hydrazine groups is 1. The number of hydrogen-bond donors (Lipinski definition) is 1. The molecule has 3 aliphatic heterocycles. The molecule has 5 rings (SSSR count). The minimum atomic E-state index is -0.742. The molecule has 2 saturated heterocycles. The van der Waals surface area contributed by atoms with Crippen molar-refractivity contribution < 1.29 is 13.6 Å². The number of benzene rings is 2. The van der Waals surface area contributed by atoms with Crippen molar-refractivity contribution in [3.05, 3.63) is 68.9 Å². The molecule has 2 atom stereocenters. The maximum absolute atomic E-state index is 14.9. The van der Waals surface area contributed by atoms with Gasteiger partial charge >= 0.3 is 0 Å². The molecule has 1 spiro atoms. The van der Waals surface area contributed by atoms with Gasteiger partial charge in [0, 0.05) is 67.0 Å². The average Bonchev–Trinajstić information content (AvgIpc) is 3.43. The molecule has 10 heteroatoms. The topological polar surface area (TPSA) is 79.1 Å². The molecular formula is C30H39ClF2N5O2-. The highest BCUT2D eigenvalue weighted by molar-refractivity contribution is 6.31. The molecule has 2 aromatic rings. The molecule has 2 fully saturated rings. The van der Waals surface area contributed by atoms with E-state index in [9.17, 15) is 18.8 Å². The van der Waals surface area contributed by atoms with Gasteiger partial charge in [-0.25, -0.2) is 8.78 Å². The Morgan fingerprint density at radius 1 is 1.15 bits per heavy atom. The smallest absolute Gasteiger partial charge is 0.237 e. The number of fused-ring (bicyclic) bond motifs is 2. The Bertz CT molecular complexity index is 1280. The van der Waals surface area contributed by atoms with Crippen molar-refractivity contribution in [3.63, 3.8) is 0 Å². The normalized spacial score (nSPS) is 23.6. The number of carbonyl (C=O) groups excluding carboxylic acids is 1. The van der Waals surface area contributed by atoms with Crippen molar-refractivity contribution in [2.75, 3.05) is 44.2 Å². The number of piperidine rings is 1. The number of carbonyl (C=O) groups is 1. The molecule has 7 nitrogen and oxygen atoms in total. The van der Waals surface area contributed by atoms with E-state index in [1.807, 2.05) is 24.0 Å². The van der Waals surface area contributed by atoms with Gasteiger partial charge in [0.1, 0.15) is 11.6 Å². The predicted molar refractivity (Wildman–Crippen MR) is 154 cm³/mol. The number of halogens is 3. The fraction of sp³-hybridized carbons (Fsp3) is 0.567. The van der Waals surface area contributed by atoms with Gasteiger partial charge in [0.05, 0.1) is 5.41 Å². The van der Waals surface area contributed by atoms with Gasteiger partial charge in [-0.15, -0.1) is 0 Å². The lowest BCUT2D eigenvalue weighted by Gasteiger charge is -2.50. The summed E-state index contributed by atoms with van der Waals surface area (Å²) in [4.78, 5) is 17.9. The van der Waals surface area contributed by atoms with Gasteiger partial charge in [-0.1, -0.05) is 17.7 Å². The number of nitrogens with two attached hydrogens (primary N) is 1. The Morgan fingerprint density at radius 2 is 1.85 bits per heavy atom. The summed E-state index contributed by atoms with van der Waals surface area (Å²) in [6.07, 6.45) is 1.64. The van der Waals surface area contributed by atoms with Crippen LogP contribution in [-0.4, -0.2) is 71.8 Å². The number of nitrogens with zero attached hydrogens (tertiary/aromatic N) is 4. The van der Waals surface area contributed by atoms with Crippen molar-refractivity contribution in [3.8, 4) is 0 Å². The minimum absolute atomic E-state index is 0.0424. The van der Waals surface area contributed by atoms with Crippen LogP contribution in [0.1, 0.15) is 62.6 Å². The molecule has 0 radical (unpaired) electrons. The molecule has 2 N–H and O–H groups in total. The highest BCUT2D eigenvalue weighted by atomic mass is 35.5. The number of rotatable bonds is 6. The summed E-state index contributed by atoms with van der Waals surface area (Å²) in [5, 5.41) is 17.3. The number of anilines is 1. The summed E-state index contributed by atoms with van der Waals surface area (Å²) in [7, 11) is 0. The Morgan fingerprint density at radius 3 is 2.48 bits per heavy atom. The summed E-state index contributed by atoms with van der Waals surface area (Å²) >= 11 is 6.53. The first-order valence-corrected chi connectivity index (χ1v) is 14.5. The van der Waals surface area contributed by atoms with E-state index < -0.39 is 29.0 Å². The summed E-state index contributed by atoms with van der Waals surface area (Å²) < 4.78 is 28.6. The van der Waals surface area contributed by atoms with Gasteiger partial charge in [0.25, 0.3) is 0 Å². The monoisotopic (exact) mass is 574 g/mol. The average molecular weight is 575 g/mol. The summed E-state index contributed by atoms with van der Waals surface area (Å²) in [5.74, 6) is -1.65. The molecular weight excluding hydrogens is 536 g/mol. The standard InChI is InChI=1S/C30H39ClF2N5O2/c1-19-14-26-23(16-24(19)31)30(28(39)37(26)11-5-10-34)8-12-36(13-9-30)38(40)27-18-35(29(2,3)4)17-22(27)21-7-6-20(32)15-25(21)33/h6-7,14-16,22,27H,5,8-13,17-18,34H2,1-4H3/q-1/t22?,27-/m1/s1. The van der Waals surface area contributed by atoms with Gasteiger partial charge in [0.15, 0.2) is 0 Å². The van der Waals surface area contributed by atoms with E-state index in [2.05, 4.69) is 25.7 Å². The van der Waals surface area contributed by atoms with Crippen LogP contribution in [0, 0.1) is 23.8 Å². The Kier molecular flexibility index (Phi) is 8.02. The Labute approximate surface area is 240 Å². The largest absolute Gasteiger partial charge is 0.771 e. The zero-order valence-corrected chi connectivity index (χ0v) is 24.5. The van der Waals surface area contributed by atoms with Crippen LogP contribution in [0.25, 0.3) is 0 Å². The second kappa shape index (κ2) is 10.9. The first-order chi connectivity index (χ1) is 18.9. The number of hydroxylamine groups is 1. The van der Waals surface area contributed by atoms with Gasteiger partial charge in [-0.2, -0.15) is 0 Å². The quantitative estimate of drug-likeness (QED) is 0.493. The van der Waals surface area contributed by atoms with Gasteiger partial charge in [-0.3, -0.25) is 14.7 Å². The highest BCUT2D eigenvalue weighted by Crippen LogP contribution is 2.50. The SMILES string of the molecule is Cc1cc2c(cc1Cl)C1(CCN(N([O-])[C@@H]3CN(C(C)(C)C)CC3c3ccc(F)cc3F)CC1)C(=O)N2CCCN. The third-order valence-corrected chi connectivity index (χ3v) is 9.49. The molecule has 1 amide bonds. The fourth-order valence-electron chi connectivity index (χ4n) is 6.66. The van der Waals surface area contributed by atoms with E-state index in [0.29, 0.717) is 69.1 Å². The van der Waals surface area contributed by atoms with E-state index in [0.717, 1.165) is 28.1 Å². The molecule has 0 aliphatic carbocycles. The van der Waals surface area contributed by atoms with Crippen LogP contribution in [0.4, 0.5) is 14.5 Å². The molecule has 3 aliphatic rings. The van der Waals surface area contributed by atoms with Crippen LogP contribution in [0.2, 0.25) is 5.02 Å². The summed E-state index contributed by atoms with van der Waals surface area (Å²) in [6.45, 7) is 10.9. The van der Waals surface area contributed by atoms with Gasteiger partial charge in [0.2, 0.25) is 5.91 Å². The second-order valence-electron chi connectivity index (χ2n) is 12.5. The number of amides is 1. The molecule has 3 heterocycles. The van der Waals surface area contributed by atoms with Crippen LogP contribution in [0.3, 0.4) is 0 Å². The highest BCUT2D eigenvalue weighted by Gasteiger charge is 2.53. The predicted octanol–water partition coefficient (Wildman–Crippen LogP) is 4.94. The van der Waals surface area contributed by atoms with Crippen LogP contribution in [0.15, 0.2) is 30.3 Å². The molecule has 2 aromatic carbocycles. The number of aryl methyl sites for hydroxylation is 1. The summed E-state index contributed by atoms with van der Waals surface area (Å²) in [6, 6.07) is 6.96. The van der Waals surface area contributed by atoms with Crippen molar-refractivity contribution in [1.29, 1.82) is 0 Å². The van der Waals surface area contributed by atoms with E-state index in [1.54, 1.807) is 5.01 Å². The van der Waals surface area contributed by atoms with E-state index in [1.165, 1.54) is 12.1 Å². The zero-order chi connectivity index (χ0) is 29.0. The first kappa shape index (κ1) is 29.4. The third kappa shape index (κ3) is 5.05. The minimum Gasteiger partial charge on any atom is -0.771 e. The molecule has 0 aromatic heterocycles. The molecule has 218 valence electrons. The van der Waals surface area contributed by atoms with Crippen LogP contribution < -0.4 is 10.6 Å². The van der Waals surface area contributed by atoms with E-state index in [-0.39, 0.29) is 11.4 Å².